The predicted octanol–water partition coefficient (Wildman–Crippen LogP) is 5.09. The van der Waals surface area contributed by atoms with Crippen LogP contribution in [0.15, 0.2) is 53.7 Å². The normalized spacial score (nSPS) is 11.6. The summed E-state index contributed by atoms with van der Waals surface area (Å²) in [5.41, 5.74) is 1.90. The molecule has 4 nitrogen and oxygen atoms in total. The fourth-order valence-corrected chi connectivity index (χ4v) is 3.57. The van der Waals surface area contributed by atoms with E-state index >= 15 is 0 Å². The Morgan fingerprint density at radius 2 is 1.74 bits per heavy atom. The molecule has 0 N–H and O–H groups in total. The molecule has 0 saturated carbocycles. The highest BCUT2D eigenvalue weighted by molar-refractivity contribution is 7.99. The summed E-state index contributed by atoms with van der Waals surface area (Å²) in [5, 5.41) is 9.04. The first kappa shape index (κ1) is 19.3. The average Bonchev–Trinajstić information content (AvgIpc) is 3.03. The van der Waals surface area contributed by atoms with Crippen LogP contribution in [0, 0.1) is 18.2 Å². The van der Waals surface area contributed by atoms with E-state index < -0.39 is 5.41 Å². The number of Topliss-reactive ketones (excluding diaryl/α,β-unsaturated/α-hetero) is 1. The van der Waals surface area contributed by atoms with Crippen LogP contribution >= 0.6 is 11.8 Å². The van der Waals surface area contributed by atoms with E-state index in [1.165, 1.54) is 17.8 Å². The van der Waals surface area contributed by atoms with Crippen LogP contribution in [0.5, 0.6) is 0 Å². The second kappa shape index (κ2) is 7.64. The van der Waals surface area contributed by atoms with Gasteiger partial charge in [0.05, 0.1) is 11.3 Å². The minimum Gasteiger partial charge on any atom is -0.298 e. The summed E-state index contributed by atoms with van der Waals surface area (Å²) in [6.45, 7) is 7.69. The van der Waals surface area contributed by atoms with E-state index in [-0.39, 0.29) is 17.4 Å². The quantitative estimate of drug-likeness (QED) is 0.576. The van der Waals surface area contributed by atoms with E-state index in [1.807, 2.05) is 52.0 Å². The van der Waals surface area contributed by atoms with Crippen LogP contribution in [-0.4, -0.2) is 26.3 Å². The number of rotatable bonds is 5. The molecule has 6 heteroatoms. The van der Waals surface area contributed by atoms with Crippen molar-refractivity contribution in [3.05, 3.63) is 59.9 Å². The Labute approximate surface area is 162 Å². The highest BCUT2D eigenvalue weighted by atomic mass is 32.2. The van der Waals surface area contributed by atoms with Gasteiger partial charge in [-0.3, -0.25) is 9.36 Å². The van der Waals surface area contributed by atoms with Crippen LogP contribution in [0.25, 0.3) is 17.1 Å². The van der Waals surface area contributed by atoms with Crippen LogP contribution < -0.4 is 0 Å². The molecule has 27 heavy (non-hydrogen) atoms. The third-order valence-electron chi connectivity index (χ3n) is 4.21. The monoisotopic (exact) mass is 383 g/mol. The van der Waals surface area contributed by atoms with Crippen molar-refractivity contribution in [2.24, 2.45) is 5.41 Å². The molecule has 0 bridgehead atoms. The molecule has 2 aromatic carbocycles. The highest BCUT2D eigenvalue weighted by Gasteiger charge is 2.24. The third-order valence-corrected chi connectivity index (χ3v) is 5.14. The Bertz CT molecular complexity index is 958. The zero-order valence-corrected chi connectivity index (χ0v) is 16.7. The standard InChI is InChI=1S/C21H22FN3OS/c1-14-9-11-15(12-10-14)25-19(16-7-5-6-8-17(16)22)23-24-20(25)27-13-18(26)21(2,3)4/h5-12H,13H2,1-4H3. The lowest BCUT2D eigenvalue weighted by atomic mass is 9.92. The van der Waals surface area contributed by atoms with Crippen molar-refractivity contribution < 1.29 is 9.18 Å². The molecule has 0 fully saturated rings. The summed E-state index contributed by atoms with van der Waals surface area (Å²) in [6.07, 6.45) is 0. The number of hydrogen-bond donors (Lipinski definition) is 0. The van der Waals surface area contributed by atoms with Gasteiger partial charge in [-0.2, -0.15) is 0 Å². The maximum absolute atomic E-state index is 14.4. The number of carbonyl (C=O) groups excluding carboxylic acids is 1. The molecule has 3 rings (SSSR count). The lowest BCUT2D eigenvalue weighted by Crippen LogP contribution is -2.22. The number of ketones is 1. The van der Waals surface area contributed by atoms with Gasteiger partial charge in [0.25, 0.3) is 0 Å². The molecule has 0 unspecified atom stereocenters. The third kappa shape index (κ3) is 4.27. The predicted molar refractivity (Wildman–Crippen MR) is 107 cm³/mol. The number of nitrogens with zero attached hydrogens (tertiary/aromatic N) is 3. The second-order valence-electron chi connectivity index (χ2n) is 7.42. The number of aromatic nitrogens is 3. The van der Waals surface area contributed by atoms with Crippen molar-refractivity contribution in [1.29, 1.82) is 0 Å². The number of benzene rings is 2. The molecule has 0 aliphatic carbocycles. The Balaban J connectivity index is 2.05. The van der Waals surface area contributed by atoms with E-state index in [2.05, 4.69) is 10.2 Å². The van der Waals surface area contributed by atoms with Crippen molar-refractivity contribution in [1.82, 2.24) is 14.8 Å². The molecule has 0 saturated heterocycles. The zero-order chi connectivity index (χ0) is 19.6. The summed E-state index contributed by atoms with van der Waals surface area (Å²) in [4.78, 5) is 12.3. The van der Waals surface area contributed by atoms with Gasteiger partial charge in [-0.15, -0.1) is 10.2 Å². The molecule has 1 heterocycles. The van der Waals surface area contributed by atoms with Crippen LogP contribution in [0.4, 0.5) is 4.39 Å². The Kier molecular flexibility index (Phi) is 5.46. The molecule has 0 spiro atoms. The van der Waals surface area contributed by atoms with Crippen molar-refractivity contribution >= 4 is 17.5 Å². The smallest absolute Gasteiger partial charge is 0.196 e. The van der Waals surface area contributed by atoms with Crippen LogP contribution in [0.1, 0.15) is 26.3 Å². The average molecular weight is 383 g/mol. The Morgan fingerprint density at radius 3 is 2.37 bits per heavy atom. The van der Waals surface area contributed by atoms with Gasteiger partial charge in [-0.1, -0.05) is 62.4 Å². The molecular formula is C21H22FN3OS. The van der Waals surface area contributed by atoms with E-state index in [1.54, 1.807) is 22.8 Å². The van der Waals surface area contributed by atoms with Gasteiger partial charge < -0.3 is 0 Å². The van der Waals surface area contributed by atoms with Gasteiger partial charge in [-0.05, 0) is 31.2 Å². The van der Waals surface area contributed by atoms with Gasteiger partial charge in [0.1, 0.15) is 11.6 Å². The van der Waals surface area contributed by atoms with Crippen LogP contribution in [-0.2, 0) is 4.79 Å². The van der Waals surface area contributed by atoms with Crippen LogP contribution in [0.2, 0.25) is 0 Å². The minimum atomic E-state index is -0.421. The molecule has 0 aliphatic rings. The summed E-state index contributed by atoms with van der Waals surface area (Å²) >= 11 is 1.32. The molecule has 140 valence electrons. The number of aryl methyl sites for hydroxylation is 1. The molecule has 0 radical (unpaired) electrons. The van der Waals surface area contributed by atoms with E-state index in [0.29, 0.717) is 16.5 Å². The van der Waals surface area contributed by atoms with Gasteiger partial charge in [-0.25, -0.2) is 4.39 Å². The lowest BCUT2D eigenvalue weighted by molar-refractivity contribution is -0.123. The van der Waals surface area contributed by atoms with Gasteiger partial charge in [0, 0.05) is 11.1 Å². The summed E-state index contributed by atoms with van der Waals surface area (Å²) in [6, 6.07) is 14.3. The Morgan fingerprint density at radius 1 is 1.07 bits per heavy atom. The summed E-state index contributed by atoms with van der Waals surface area (Å²) < 4.78 is 16.2. The van der Waals surface area contributed by atoms with Crippen molar-refractivity contribution in [3.63, 3.8) is 0 Å². The molecule has 0 atom stereocenters. The first-order valence-electron chi connectivity index (χ1n) is 8.71. The maximum atomic E-state index is 14.4. The topological polar surface area (TPSA) is 47.8 Å². The second-order valence-corrected chi connectivity index (χ2v) is 8.36. The molecular weight excluding hydrogens is 361 g/mol. The molecule has 3 aromatic rings. The first-order valence-corrected chi connectivity index (χ1v) is 9.69. The summed E-state index contributed by atoms with van der Waals surface area (Å²) in [7, 11) is 0. The van der Waals surface area contributed by atoms with E-state index in [9.17, 15) is 9.18 Å². The van der Waals surface area contributed by atoms with E-state index in [4.69, 9.17) is 0 Å². The number of halogens is 1. The fraction of sp³-hybridized carbons (Fsp3) is 0.286. The minimum absolute atomic E-state index is 0.124. The van der Waals surface area contributed by atoms with Gasteiger partial charge in [0.2, 0.25) is 0 Å². The zero-order valence-electron chi connectivity index (χ0n) is 15.9. The number of carbonyl (C=O) groups is 1. The SMILES string of the molecule is Cc1ccc(-n2c(SCC(=O)C(C)(C)C)nnc2-c2ccccc2F)cc1. The summed E-state index contributed by atoms with van der Waals surface area (Å²) in [5.74, 6) is 0.465. The van der Waals surface area contributed by atoms with Gasteiger partial charge >= 0.3 is 0 Å². The molecule has 0 amide bonds. The van der Waals surface area contributed by atoms with E-state index in [0.717, 1.165) is 11.3 Å². The Hall–Kier alpha value is -2.47. The molecule has 0 aliphatic heterocycles. The van der Waals surface area contributed by atoms with Gasteiger partial charge in [0.15, 0.2) is 11.0 Å². The maximum Gasteiger partial charge on any atom is 0.196 e. The number of hydrogen-bond acceptors (Lipinski definition) is 4. The van der Waals surface area contributed by atoms with Crippen LogP contribution in [0.3, 0.4) is 0 Å². The number of thioether (sulfide) groups is 1. The largest absolute Gasteiger partial charge is 0.298 e. The first-order chi connectivity index (χ1) is 12.8. The van der Waals surface area contributed by atoms with Crippen molar-refractivity contribution in [3.8, 4) is 17.1 Å². The fourth-order valence-electron chi connectivity index (χ4n) is 2.45. The van der Waals surface area contributed by atoms with Crippen molar-refractivity contribution in [2.45, 2.75) is 32.9 Å². The molecule has 1 aromatic heterocycles. The van der Waals surface area contributed by atoms with Crippen molar-refractivity contribution in [2.75, 3.05) is 5.75 Å². The highest BCUT2D eigenvalue weighted by Crippen LogP contribution is 2.30. The lowest BCUT2D eigenvalue weighted by Gasteiger charge is -2.16.